The number of sulfone groups is 2. The van der Waals surface area contributed by atoms with Crippen LogP contribution in [0.15, 0.2) is 46.2 Å². The van der Waals surface area contributed by atoms with E-state index in [9.17, 15) is 22.4 Å². The quantitative estimate of drug-likeness (QED) is 0.0707. The van der Waals surface area contributed by atoms with Crippen molar-refractivity contribution in [1.82, 2.24) is 0 Å². The number of benzene rings is 2. The van der Waals surface area contributed by atoms with Crippen molar-refractivity contribution in [2.75, 3.05) is 13.2 Å². The van der Waals surface area contributed by atoms with E-state index >= 15 is 0 Å². The van der Waals surface area contributed by atoms with Gasteiger partial charge in [0.2, 0.25) is 0 Å². The Kier molecular flexibility index (Phi) is 13.2. The average Bonchev–Trinajstić information content (AvgIpc) is 2.88. The molecule has 0 saturated heterocycles. The lowest BCUT2D eigenvalue weighted by Gasteiger charge is -2.11. The van der Waals surface area contributed by atoms with Crippen molar-refractivity contribution in [3.63, 3.8) is 0 Å². The van der Waals surface area contributed by atoms with Crippen molar-refractivity contribution in [2.24, 2.45) is 0 Å². The molecule has 216 valence electrons. The van der Waals surface area contributed by atoms with Crippen LogP contribution < -0.4 is 9.47 Å². The maximum absolute atomic E-state index is 13.4. The van der Waals surface area contributed by atoms with Gasteiger partial charge in [-0.2, -0.15) is 0 Å². The summed E-state index contributed by atoms with van der Waals surface area (Å²) in [6.45, 7) is 8.40. The minimum absolute atomic E-state index is 0.269. The first-order valence-corrected chi connectivity index (χ1v) is 16.7. The fourth-order valence-corrected chi connectivity index (χ4v) is 8.00. The van der Waals surface area contributed by atoms with Crippen LogP contribution >= 0.6 is 0 Å². The third kappa shape index (κ3) is 9.19. The Morgan fingerprint density at radius 1 is 0.667 bits per heavy atom. The van der Waals surface area contributed by atoms with E-state index in [2.05, 4.69) is 18.6 Å². The first-order valence-electron chi connectivity index (χ1n) is 13.8. The number of ether oxygens (including phenoxy) is 2. The van der Waals surface area contributed by atoms with E-state index in [0.29, 0.717) is 24.7 Å². The summed E-state index contributed by atoms with van der Waals surface area (Å²) < 4.78 is 63.6. The van der Waals surface area contributed by atoms with Gasteiger partial charge < -0.3 is 15.0 Å². The molecule has 0 heterocycles. The van der Waals surface area contributed by atoms with E-state index in [1.165, 1.54) is 37.1 Å². The Morgan fingerprint density at radius 2 is 1.05 bits per heavy atom. The van der Waals surface area contributed by atoms with Gasteiger partial charge in [0.05, 0.1) is 23.0 Å². The molecule has 2 rings (SSSR count). The summed E-state index contributed by atoms with van der Waals surface area (Å²) in [7, 11) is -9.33. The Labute approximate surface area is 234 Å². The Hall–Kier alpha value is -2.68. The normalized spacial score (nSPS) is 11.7. The minimum atomic E-state index is -4.67. The highest BCUT2D eigenvalue weighted by Gasteiger charge is 2.45. The van der Waals surface area contributed by atoms with E-state index < -0.39 is 24.1 Å². The smallest absolute Gasteiger partial charge is 0.494 e. The van der Waals surface area contributed by atoms with Crippen LogP contribution in [-0.2, 0) is 19.7 Å². The van der Waals surface area contributed by atoms with Crippen LogP contribution in [-0.4, -0.2) is 39.2 Å². The summed E-state index contributed by atoms with van der Waals surface area (Å²) in [5.41, 5.74) is 10.2. The summed E-state index contributed by atoms with van der Waals surface area (Å²) in [5.74, 6) is 0.980. The Morgan fingerprint density at radius 3 is 1.38 bits per heavy atom. The second-order valence-electron chi connectivity index (χ2n) is 9.75. The van der Waals surface area contributed by atoms with Gasteiger partial charge in [0, 0.05) is 0 Å². The zero-order valence-electron chi connectivity index (χ0n) is 23.6. The molecule has 39 heavy (non-hydrogen) atoms. The van der Waals surface area contributed by atoms with Gasteiger partial charge in [0.1, 0.15) is 11.5 Å². The van der Waals surface area contributed by atoms with Gasteiger partial charge in [-0.05, 0) is 74.2 Å². The maximum atomic E-state index is 13.4. The molecule has 0 atom stereocenters. The molecule has 2 aromatic carbocycles. The number of rotatable bonds is 16. The van der Waals surface area contributed by atoms with Crippen molar-refractivity contribution >= 4 is 24.1 Å². The third-order valence-electron chi connectivity index (χ3n) is 6.45. The van der Waals surface area contributed by atoms with Crippen molar-refractivity contribution in [1.29, 1.82) is 0 Å². The number of hydrogen-bond acceptors (Lipinski definition) is 6. The van der Waals surface area contributed by atoms with Gasteiger partial charge in [-0.25, -0.2) is 16.8 Å². The van der Waals surface area contributed by atoms with Crippen molar-refractivity contribution in [3.05, 3.63) is 53.1 Å². The number of aryl methyl sites for hydroxylation is 2. The lowest BCUT2D eigenvalue weighted by atomic mass is 10.2. The van der Waals surface area contributed by atoms with E-state index in [-0.39, 0.29) is 20.9 Å². The lowest BCUT2D eigenvalue weighted by Crippen LogP contribution is -2.27. The van der Waals surface area contributed by atoms with Gasteiger partial charge in [-0.1, -0.05) is 65.2 Å². The molecule has 0 N–H and O–H groups in total. The van der Waals surface area contributed by atoms with Crippen LogP contribution in [0.5, 0.6) is 11.5 Å². The number of unbranched alkanes of at least 4 members (excludes halogenated alkanes) is 8. The second-order valence-corrected chi connectivity index (χ2v) is 13.7. The second kappa shape index (κ2) is 15.8. The minimum Gasteiger partial charge on any atom is -0.494 e. The predicted molar refractivity (Wildman–Crippen MR) is 154 cm³/mol. The Balaban J connectivity index is 2.17. The molecule has 0 radical (unpaired) electrons. The molecule has 2 aromatic rings. The van der Waals surface area contributed by atoms with Crippen LogP contribution in [0.4, 0.5) is 0 Å². The van der Waals surface area contributed by atoms with Gasteiger partial charge in [-0.3, -0.25) is 0 Å². The van der Waals surface area contributed by atoms with Gasteiger partial charge in [0.25, 0.3) is 19.7 Å². The van der Waals surface area contributed by atoms with Crippen LogP contribution in [0, 0.1) is 13.8 Å². The highest BCUT2D eigenvalue weighted by Crippen LogP contribution is 2.28. The predicted octanol–water partition coefficient (Wildman–Crippen LogP) is 6.84. The molecule has 0 aliphatic rings. The first kappa shape index (κ1) is 32.5. The Bertz CT molecular complexity index is 1250. The summed E-state index contributed by atoms with van der Waals surface area (Å²) in [6, 6.07) is 8.60. The number of hydrogen-bond donors (Lipinski definition) is 0. The summed E-state index contributed by atoms with van der Waals surface area (Å²) >= 11 is 0. The topological polar surface area (TPSA) is 123 Å². The molecule has 0 unspecified atom stereocenters. The molecule has 0 aromatic heterocycles. The van der Waals surface area contributed by atoms with Crippen LogP contribution in [0.3, 0.4) is 0 Å². The standard InChI is InChI=1S/C29H42N2O6S2/c1-5-7-9-11-13-19-36-25-15-17-27(23(3)21-25)38(32,33)29(31-30)39(34,35)28-18-16-26(22-24(28)4)37-20-14-12-10-8-6-2/h15-18,21-22H,5-14,19-20H2,1-4H3. The van der Waals surface area contributed by atoms with E-state index in [1.54, 1.807) is 26.0 Å². The van der Waals surface area contributed by atoms with Crippen molar-refractivity contribution < 1.29 is 31.1 Å². The van der Waals surface area contributed by atoms with E-state index in [0.717, 1.165) is 51.4 Å². The molecule has 0 aliphatic heterocycles. The molecular weight excluding hydrogens is 536 g/mol. The van der Waals surface area contributed by atoms with Gasteiger partial charge >= 0.3 is 4.38 Å². The molecular formula is C29H42N2O6S2. The largest absolute Gasteiger partial charge is 0.504 e. The summed E-state index contributed by atoms with van der Waals surface area (Å²) in [6.07, 6.45) is 10.8. The summed E-state index contributed by atoms with van der Waals surface area (Å²) in [4.78, 5) is 2.22. The average molecular weight is 579 g/mol. The molecule has 0 bridgehead atoms. The number of nitrogens with zero attached hydrogens (tertiary/aromatic N) is 2. The fourth-order valence-electron chi connectivity index (χ4n) is 4.26. The highest BCUT2D eigenvalue weighted by atomic mass is 32.3. The first-order chi connectivity index (χ1) is 18.6. The van der Waals surface area contributed by atoms with E-state index in [4.69, 9.17) is 9.47 Å². The molecule has 0 spiro atoms. The zero-order valence-corrected chi connectivity index (χ0v) is 25.2. The van der Waals surface area contributed by atoms with Crippen molar-refractivity contribution in [3.8, 4) is 11.5 Å². The molecule has 0 aliphatic carbocycles. The molecule has 0 amide bonds. The zero-order chi connectivity index (χ0) is 28.9. The fraction of sp³-hybridized carbons (Fsp3) is 0.552. The van der Waals surface area contributed by atoms with Gasteiger partial charge in [-0.15, -0.1) is 4.79 Å². The summed E-state index contributed by atoms with van der Waals surface area (Å²) in [5, 5.41) is 0. The molecule has 8 nitrogen and oxygen atoms in total. The van der Waals surface area contributed by atoms with Crippen LogP contribution in [0.2, 0.25) is 0 Å². The highest BCUT2D eigenvalue weighted by molar-refractivity contribution is 8.31. The third-order valence-corrected chi connectivity index (χ3v) is 10.9. The SMILES string of the molecule is CCCCCCCOc1ccc(S(=O)(=O)C(=[N+]=[N-])S(=O)(=O)c2ccc(OCCCCCCC)cc2C)c(C)c1. The van der Waals surface area contributed by atoms with Crippen LogP contribution in [0.25, 0.3) is 5.53 Å². The molecule has 10 heteroatoms. The lowest BCUT2D eigenvalue weighted by molar-refractivity contribution is 0.00379. The van der Waals surface area contributed by atoms with Crippen molar-refractivity contribution in [2.45, 2.75) is 102 Å². The van der Waals surface area contributed by atoms with Crippen LogP contribution in [0.1, 0.15) is 89.2 Å². The monoisotopic (exact) mass is 578 g/mol. The molecule has 0 fully saturated rings. The van der Waals surface area contributed by atoms with Gasteiger partial charge in [0.15, 0.2) is 0 Å². The maximum Gasteiger partial charge on any atom is 0.504 e. The van der Waals surface area contributed by atoms with E-state index in [1.807, 2.05) is 0 Å². The molecule has 0 saturated carbocycles.